The molecule has 0 aliphatic rings. The van der Waals surface area contributed by atoms with Crippen LogP contribution in [0.5, 0.6) is 0 Å². The summed E-state index contributed by atoms with van der Waals surface area (Å²) in [5, 5.41) is 0. The molecule has 0 spiro atoms. The summed E-state index contributed by atoms with van der Waals surface area (Å²) in [5.41, 5.74) is 0.384. The van der Waals surface area contributed by atoms with Crippen molar-refractivity contribution in [2.45, 2.75) is 18.7 Å². The fourth-order valence-corrected chi connectivity index (χ4v) is 3.77. The van der Waals surface area contributed by atoms with E-state index in [1.165, 1.54) is 24.3 Å². The first-order valence-corrected chi connectivity index (χ1v) is 8.90. The molecule has 24 heavy (non-hydrogen) atoms. The highest BCUT2D eigenvalue weighted by atomic mass is 32.2. The predicted octanol–water partition coefficient (Wildman–Crippen LogP) is 3.22. The van der Waals surface area contributed by atoms with Crippen LogP contribution in [0.15, 0.2) is 53.4 Å². The normalized spacial score (nSPS) is 11.1. The summed E-state index contributed by atoms with van der Waals surface area (Å²) >= 11 is 0. The van der Waals surface area contributed by atoms with Gasteiger partial charge in [-0.1, -0.05) is 12.1 Å². The Hall–Kier alpha value is -2.41. The highest BCUT2D eigenvalue weighted by molar-refractivity contribution is 7.92. The maximum absolute atomic E-state index is 13.1. The van der Waals surface area contributed by atoms with Gasteiger partial charge in [-0.05, 0) is 50.2 Å². The van der Waals surface area contributed by atoms with Crippen molar-refractivity contribution in [3.63, 3.8) is 0 Å². The van der Waals surface area contributed by atoms with Gasteiger partial charge in [-0.15, -0.1) is 0 Å². The first-order valence-electron chi connectivity index (χ1n) is 7.46. The molecule has 0 aliphatic carbocycles. The molecule has 0 amide bonds. The number of hydrogen-bond acceptors (Lipinski definition) is 4. The van der Waals surface area contributed by atoms with Crippen LogP contribution in [0.25, 0.3) is 0 Å². The molecule has 2 rings (SSSR count). The number of carbonyl (C=O) groups is 1. The average molecular weight is 351 g/mol. The van der Waals surface area contributed by atoms with Gasteiger partial charge < -0.3 is 4.74 Å². The molecule has 0 aromatic heterocycles. The molecule has 0 saturated heterocycles. The van der Waals surface area contributed by atoms with Crippen molar-refractivity contribution >= 4 is 21.7 Å². The predicted molar refractivity (Wildman–Crippen MR) is 89.0 cm³/mol. The lowest BCUT2D eigenvalue weighted by Gasteiger charge is -2.24. The topological polar surface area (TPSA) is 63.7 Å². The van der Waals surface area contributed by atoms with E-state index in [2.05, 4.69) is 0 Å². The summed E-state index contributed by atoms with van der Waals surface area (Å²) in [6.07, 6.45) is 0. The van der Waals surface area contributed by atoms with E-state index in [-0.39, 0.29) is 29.3 Å². The Kier molecular flexibility index (Phi) is 5.56. The Morgan fingerprint density at radius 3 is 2.29 bits per heavy atom. The van der Waals surface area contributed by atoms with Gasteiger partial charge in [0.1, 0.15) is 5.82 Å². The second kappa shape index (κ2) is 7.44. The third-order valence-corrected chi connectivity index (χ3v) is 5.26. The summed E-state index contributed by atoms with van der Waals surface area (Å²) < 4.78 is 44.9. The minimum absolute atomic E-state index is 0.0515. The standard InChI is InChI=1S/C17H18FNO4S/c1-3-19(24(21,22)14-11-9-13(18)10-12-14)16-8-6-5-7-15(16)17(20)23-4-2/h5-12H,3-4H2,1-2H3. The molecule has 0 fully saturated rings. The molecule has 0 unspecified atom stereocenters. The third-order valence-electron chi connectivity index (χ3n) is 3.36. The zero-order chi connectivity index (χ0) is 17.7. The fraction of sp³-hybridized carbons (Fsp3) is 0.235. The molecule has 0 heterocycles. The zero-order valence-electron chi connectivity index (χ0n) is 13.4. The van der Waals surface area contributed by atoms with E-state index in [0.29, 0.717) is 0 Å². The average Bonchev–Trinajstić information content (AvgIpc) is 2.56. The summed E-state index contributed by atoms with van der Waals surface area (Å²) in [6, 6.07) is 10.9. The van der Waals surface area contributed by atoms with E-state index in [9.17, 15) is 17.6 Å². The highest BCUT2D eigenvalue weighted by Gasteiger charge is 2.27. The zero-order valence-corrected chi connectivity index (χ0v) is 14.2. The lowest BCUT2D eigenvalue weighted by atomic mass is 10.2. The van der Waals surface area contributed by atoms with E-state index >= 15 is 0 Å². The number of sulfonamides is 1. The summed E-state index contributed by atoms with van der Waals surface area (Å²) in [7, 11) is -3.93. The summed E-state index contributed by atoms with van der Waals surface area (Å²) in [6.45, 7) is 3.62. The van der Waals surface area contributed by atoms with Crippen molar-refractivity contribution in [1.82, 2.24) is 0 Å². The van der Waals surface area contributed by atoms with Crippen LogP contribution in [0.2, 0.25) is 0 Å². The van der Waals surface area contributed by atoms with Gasteiger partial charge in [-0.3, -0.25) is 4.31 Å². The molecule has 7 heteroatoms. The number of hydrogen-bond donors (Lipinski definition) is 0. The molecule has 2 aromatic carbocycles. The van der Waals surface area contributed by atoms with Crippen LogP contribution in [-0.2, 0) is 14.8 Å². The molecule has 0 aliphatic heterocycles. The van der Waals surface area contributed by atoms with Gasteiger partial charge in [0, 0.05) is 6.54 Å². The van der Waals surface area contributed by atoms with Crippen molar-refractivity contribution in [2.24, 2.45) is 0 Å². The monoisotopic (exact) mass is 351 g/mol. The number of esters is 1. The quantitative estimate of drug-likeness (QED) is 0.750. The van der Waals surface area contributed by atoms with Gasteiger partial charge in [-0.2, -0.15) is 0 Å². The van der Waals surface area contributed by atoms with Crippen LogP contribution in [0.4, 0.5) is 10.1 Å². The van der Waals surface area contributed by atoms with Crippen molar-refractivity contribution in [3.8, 4) is 0 Å². The summed E-state index contributed by atoms with van der Waals surface area (Å²) in [4.78, 5) is 12.0. The number of anilines is 1. The third kappa shape index (κ3) is 3.56. The second-order valence-electron chi connectivity index (χ2n) is 4.86. The van der Waals surface area contributed by atoms with Crippen molar-refractivity contribution in [1.29, 1.82) is 0 Å². The van der Waals surface area contributed by atoms with Crippen LogP contribution in [0.3, 0.4) is 0 Å². The number of nitrogens with zero attached hydrogens (tertiary/aromatic N) is 1. The molecular weight excluding hydrogens is 333 g/mol. The van der Waals surface area contributed by atoms with Gasteiger partial charge in [0.25, 0.3) is 10.0 Å². The number of para-hydroxylation sites is 1. The second-order valence-corrected chi connectivity index (χ2v) is 6.72. The van der Waals surface area contributed by atoms with Crippen LogP contribution < -0.4 is 4.31 Å². The van der Waals surface area contributed by atoms with E-state index < -0.39 is 21.8 Å². The van der Waals surface area contributed by atoms with Crippen LogP contribution in [0, 0.1) is 5.82 Å². The van der Waals surface area contributed by atoms with Crippen molar-refractivity contribution in [3.05, 3.63) is 59.9 Å². The lowest BCUT2D eigenvalue weighted by Crippen LogP contribution is -2.32. The first-order chi connectivity index (χ1) is 11.4. The Balaban J connectivity index is 2.52. The first kappa shape index (κ1) is 17.9. The maximum Gasteiger partial charge on any atom is 0.340 e. The van der Waals surface area contributed by atoms with E-state index in [1.54, 1.807) is 26.0 Å². The SMILES string of the molecule is CCOC(=O)c1ccccc1N(CC)S(=O)(=O)c1ccc(F)cc1. The Bertz CT molecular complexity index is 819. The molecule has 0 bridgehead atoms. The van der Waals surface area contributed by atoms with Gasteiger partial charge >= 0.3 is 5.97 Å². The maximum atomic E-state index is 13.1. The molecule has 128 valence electrons. The minimum Gasteiger partial charge on any atom is -0.462 e. The molecule has 0 radical (unpaired) electrons. The molecule has 5 nitrogen and oxygen atoms in total. The van der Waals surface area contributed by atoms with Crippen molar-refractivity contribution in [2.75, 3.05) is 17.5 Å². The Morgan fingerprint density at radius 1 is 1.08 bits per heavy atom. The van der Waals surface area contributed by atoms with Crippen molar-refractivity contribution < 1.29 is 22.3 Å². The Morgan fingerprint density at radius 2 is 1.71 bits per heavy atom. The van der Waals surface area contributed by atoms with Gasteiger partial charge in [0.05, 0.1) is 22.8 Å². The number of rotatable bonds is 6. The highest BCUT2D eigenvalue weighted by Crippen LogP contribution is 2.27. The molecular formula is C17H18FNO4S. The number of carbonyl (C=O) groups excluding carboxylic acids is 1. The minimum atomic E-state index is -3.93. The number of benzene rings is 2. The summed E-state index contributed by atoms with van der Waals surface area (Å²) in [5.74, 6) is -1.12. The van der Waals surface area contributed by atoms with E-state index in [1.807, 2.05) is 0 Å². The van der Waals surface area contributed by atoms with Crippen LogP contribution in [0.1, 0.15) is 24.2 Å². The van der Waals surface area contributed by atoms with Gasteiger partial charge in [-0.25, -0.2) is 17.6 Å². The Labute approximate surface area is 140 Å². The largest absolute Gasteiger partial charge is 0.462 e. The number of ether oxygens (including phenoxy) is 1. The van der Waals surface area contributed by atoms with Crippen LogP contribution >= 0.6 is 0 Å². The lowest BCUT2D eigenvalue weighted by molar-refractivity contribution is 0.0527. The molecule has 0 saturated carbocycles. The van der Waals surface area contributed by atoms with E-state index in [4.69, 9.17) is 4.74 Å². The molecule has 0 atom stereocenters. The van der Waals surface area contributed by atoms with E-state index in [0.717, 1.165) is 16.4 Å². The fourth-order valence-electron chi connectivity index (χ4n) is 2.28. The molecule has 0 N–H and O–H groups in total. The van der Waals surface area contributed by atoms with Gasteiger partial charge in [0.2, 0.25) is 0 Å². The van der Waals surface area contributed by atoms with Crippen LogP contribution in [-0.4, -0.2) is 27.5 Å². The van der Waals surface area contributed by atoms with Gasteiger partial charge in [0.15, 0.2) is 0 Å². The molecule has 2 aromatic rings. The smallest absolute Gasteiger partial charge is 0.340 e. The number of halogens is 1.